The Morgan fingerprint density at radius 1 is 1.31 bits per heavy atom. The predicted molar refractivity (Wildman–Crippen MR) is 140 cm³/mol. The number of carbonyl (C=O) groups excluding carboxylic acids is 2. The standard InChI is InChI=1S/C24H29ClN4O4S2/c1-14(30)28-8-7-24(12-28)13-29(17-6-5-15(25)9-16(17)24)22(33)27-21-26-11-20(35-21)34-18(10-19(31)32)23(2,3)4/h5-6,9,11,18H,7-8,10,12-13H2,1-4H3,(H,31,32)(H,26,27,33)/t18-,24?/m1/s1. The molecule has 1 saturated heterocycles. The maximum absolute atomic E-state index is 13.3. The third-order valence-electron chi connectivity index (χ3n) is 6.61. The first-order valence-electron chi connectivity index (χ1n) is 11.4. The van der Waals surface area contributed by atoms with Crippen molar-refractivity contribution in [3.05, 3.63) is 35.0 Å². The number of aliphatic carboxylic acids is 1. The number of thiazole rings is 1. The minimum absolute atomic E-state index is 0.0256. The summed E-state index contributed by atoms with van der Waals surface area (Å²) in [7, 11) is 0. The lowest BCUT2D eigenvalue weighted by atomic mass is 9.81. The van der Waals surface area contributed by atoms with Crippen LogP contribution in [-0.4, -0.2) is 57.8 Å². The van der Waals surface area contributed by atoms with Gasteiger partial charge in [0.1, 0.15) is 0 Å². The molecular formula is C24H29ClN4O4S2. The summed E-state index contributed by atoms with van der Waals surface area (Å²) in [5.41, 5.74) is 1.23. The molecule has 0 saturated carbocycles. The quantitative estimate of drug-likeness (QED) is 0.501. The molecule has 3 heterocycles. The van der Waals surface area contributed by atoms with Crippen LogP contribution in [-0.2, 0) is 15.0 Å². The summed E-state index contributed by atoms with van der Waals surface area (Å²) in [4.78, 5) is 44.5. The highest BCUT2D eigenvalue weighted by Gasteiger charge is 2.49. The SMILES string of the molecule is CC(=O)N1CCC2(C1)CN(C(=O)Nc1ncc(S[C@H](CC(=O)O)C(C)(C)C)s1)c1ccc(Cl)cc12. The van der Waals surface area contributed by atoms with Gasteiger partial charge < -0.3 is 10.0 Å². The maximum Gasteiger partial charge on any atom is 0.328 e. The summed E-state index contributed by atoms with van der Waals surface area (Å²) < 4.78 is 0.847. The van der Waals surface area contributed by atoms with Crippen molar-refractivity contribution in [3.8, 4) is 0 Å². The number of nitrogens with one attached hydrogen (secondary N) is 1. The molecule has 8 nitrogen and oxygen atoms in total. The number of hydrogen-bond donors (Lipinski definition) is 2. The van der Waals surface area contributed by atoms with Crippen molar-refractivity contribution in [2.24, 2.45) is 5.41 Å². The molecule has 0 aliphatic carbocycles. The molecule has 2 atom stereocenters. The fraction of sp³-hybridized carbons (Fsp3) is 0.500. The van der Waals surface area contributed by atoms with Crippen LogP contribution in [0.5, 0.6) is 0 Å². The van der Waals surface area contributed by atoms with Crippen molar-refractivity contribution < 1.29 is 19.5 Å². The second-order valence-electron chi connectivity index (χ2n) is 10.2. The number of aromatic nitrogens is 1. The largest absolute Gasteiger partial charge is 0.481 e. The molecule has 0 radical (unpaired) electrons. The minimum atomic E-state index is -0.840. The van der Waals surface area contributed by atoms with E-state index in [1.54, 1.807) is 24.1 Å². The van der Waals surface area contributed by atoms with E-state index in [2.05, 4.69) is 10.3 Å². The molecule has 2 aliphatic heterocycles. The zero-order valence-electron chi connectivity index (χ0n) is 20.1. The summed E-state index contributed by atoms with van der Waals surface area (Å²) in [6, 6.07) is 5.23. The summed E-state index contributed by atoms with van der Waals surface area (Å²) in [5.74, 6) is -0.815. The lowest BCUT2D eigenvalue weighted by molar-refractivity contribution is -0.137. The number of likely N-dealkylation sites (tertiary alicyclic amines) is 1. The lowest BCUT2D eigenvalue weighted by Gasteiger charge is -2.28. The van der Waals surface area contributed by atoms with E-state index in [9.17, 15) is 19.5 Å². The van der Waals surface area contributed by atoms with Gasteiger partial charge in [-0.15, -0.1) is 11.8 Å². The van der Waals surface area contributed by atoms with Gasteiger partial charge in [0.2, 0.25) is 5.91 Å². The number of amides is 3. The third kappa shape index (κ3) is 5.44. The number of thioether (sulfide) groups is 1. The summed E-state index contributed by atoms with van der Waals surface area (Å²) in [6.45, 7) is 9.26. The van der Waals surface area contributed by atoms with E-state index in [0.29, 0.717) is 29.8 Å². The number of carboxylic acids is 1. The Kier molecular flexibility index (Phi) is 7.09. The molecule has 1 fully saturated rings. The summed E-state index contributed by atoms with van der Waals surface area (Å²) in [6.07, 6.45) is 2.48. The van der Waals surface area contributed by atoms with Gasteiger partial charge in [0.05, 0.1) is 16.8 Å². The van der Waals surface area contributed by atoms with E-state index in [4.69, 9.17) is 11.6 Å². The van der Waals surface area contributed by atoms with Gasteiger partial charge in [0, 0.05) is 47.9 Å². The van der Waals surface area contributed by atoms with E-state index in [1.165, 1.54) is 23.1 Å². The molecule has 2 aliphatic rings. The van der Waals surface area contributed by atoms with Crippen molar-refractivity contribution in [1.82, 2.24) is 9.88 Å². The van der Waals surface area contributed by atoms with E-state index in [0.717, 1.165) is 21.9 Å². The lowest BCUT2D eigenvalue weighted by Crippen LogP contribution is -2.41. The fourth-order valence-electron chi connectivity index (χ4n) is 4.67. The Balaban J connectivity index is 1.51. The first-order chi connectivity index (χ1) is 16.4. The number of rotatable bonds is 5. The molecule has 35 heavy (non-hydrogen) atoms. The van der Waals surface area contributed by atoms with Crippen LogP contribution in [0.2, 0.25) is 5.02 Å². The number of urea groups is 1. The van der Waals surface area contributed by atoms with E-state index >= 15 is 0 Å². The van der Waals surface area contributed by atoms with Crippen LogP contribution in [0.4, 0.5) is 15.6 Å². The second kappa shape index (κ2) is 9.63. The molecule has 188 valence electrons. The molecule has 0 bridgehead atoms. The normalized spacial score (nSPS) is 20.3. The average Bonchev–Trinajstić information content (AvgIpc) is 3.46. The highest BCUT2D eigenvalue weighted by atomic mass is 35.5. The molecule has 11 heteroatoms. The van der Waals surface area contributed by atoms with Crippen LogP contribution in [0.1, 0.15) is 46.1 Å². The molecule has 1 aromatic heterocycles. The molecule has 2 aromatic rings. The first-order valence-corrected chi connectivity index (χ1v) is 13.4. The van der Waals surface area contributed by atoms with Gasteiger partial charge in [-0.1, -0.05) is 43.7 Å². The van der Waals surface area contributed by atoms with Crippen LogP contribution >= 0.6 is 34.7 Å². The topological polar surface area (TPSA) is 103 Å². The maximum atomic E-state index is 13.3. The Labute approximate surface area is 218 Å². The van der Waals surface area contributed by atoms with Gasteiger partial charge in [-0.25, -0.2) is 9.78 Å². The number of benzene rings is 1. The Hall–Kier alpha value is -2.30. The van der Waals surface area contributed by atoms with Crippen molar-refractivity contribution in [3.63, 3.8) is 0 Å². The van der Waals surface area contributed by atoms with E-state index in [1.807, 2.05) is 37.8 Å². The number of hydrogen-bond acceptors (Lipinski definition) is 6. The molecule has 2 N–H and O–H groups in total. The number of nitrogens with zero attached hydrogens (tertiary/aromatic N) is 3. The van der Waals surface area contributed by atoms with Gasteiger partial charge in [-0.05, 0) is 35.6 Å². The average molecular weight is 537 g/mol. The predicted octanol–water partition coefficient (Wildman–Crippen LogP) is 5.32. The molecular weight excluding hydrogens is 508 g/mol. The zero-order chi connectivity index (χ0) is 25.5. The van der Waals surface area contributed by atoms with Crippen molar-refractivity contribution >= 4 is 63.4 Å². The summed E-state index contributed by atoms with van der Waals surface area (Å²) >= 11 is 9.10. The Bertz CT molecular complexity index is 1160. The zero-order valence-corrected chi connectivity index (χ0v) is 22.5. The third-order valence-corrected chi connectivity index (χ3v) is 9.59. The molecule has 1 unspecified atom stereocenters. The number of anilines is 2. The Morgan fingerprint density at radius 3 is 2.69 bits per heavy atom. The smallest absolute Gasteiger partial charge is 0.328 e. The second-order valence-corrected chi connectivity index (χ2v) is 13.2. The number of halogens is 1. The monoisotopic (exact) mass is 536 g/mol. The number of carboxylic acid groups (broad SMARTS) is 1. The van der Waals surface area contributed by atoms with Crippen molar-refractivity contribution in [2.75, 3.05) is 29.9 Å². The van der Waals surface area contributed by atoms with E-state index in [-0.39, 0.29) is 34.4 Å². The van der Waals surface area contributed by atoms with Crippen LogP contribution in [0.15, 0.2) is 28.6 Å². The highest BCUT2D eigenvalue weighted by Crippen LogP contribution is 2.47. The van der Waals surface area contributed by atoms with Gasteiger partial charge in [0.25, 0.3) is 0 Å². The first kappa shape index (κ1) is 25.8. The van der Waals surface area contributed by atoms with Crippen molar-refractivity contribution in [2.45, 2.75) is 55.4 Å². The van der Waals surface area contributed by atoms with E-state index < -0.39 is 5.97 Å². The van der Waals surface area contributed by atoms with Crippen LogP contribution in [0, 0.1) is 5.41 Å². The minimum Gasteiger partial charge on any atom is -0.481 e. The van der Waals surface area contributed by atoms with Gasteiger partial charge in [-0.3, -0.25) is 19.8 Å². The number of carbonyl (C=O) groups is 3. The molecule has 3 amide bonds. The molecule has 4 rings (SSSR count). The van der Waals surface area contributed by atoms with Crippen LogP contribution in [0.3, 0.4) is 0 Å². The molecule has 1 spiro atoms. The summed E-state index contributed by atoms with van der Waals surface area (Å²) in [5, 5.41) is 13.1. The molecule has 1 aromatic carbocycles. The highest BCUT2D eigenvalue weighted by molar-refractivity contribution is 8.01. The Morgan fingerprint density at radius 2 is 2.06 bits per heavy atom. The van der Waals surface area contributed by atoms with Crippen LogP contribution < -0.4 is 10.2 Å². The van der Waals surface area contributed by atoms with Gasteiger partial charge in [-0.2, -0.15) is 0 Å². The fourth-order valence-corrected chi connectivity index (χ4v) is 7.13. The van der Waals surface area contributed by atoms with Gasteiger partial charge in [0.15, 0.2) is 5.13 Å². The number of fused-ring (bicyclic) bond motifs is 2. The van der Waals surface area contributed by atoms with Gasteiger partial charge >= 0.3 is 12.0 Å². The van der Waals surface area contributed by atoms with Crippen molar-refractivity contribution in [1.29, 1.82) is 0 Å². The van der Waals surface area contributed by atoms with Crippen LogP contribution in [0.25, 0.3) is 0 Å².